The Balaban J connectivity index is 3.43. The number of hydrogen-bond acceptors (Lipinski definition) is 5. The molecule has 2 N–H and O–H groups in total. The lowest BCUT2D eigenvalue weighted by molar-refractivity contribution is 0.0132. The molecule has 0 heterocycles. The van der Waals surface area contributed by atoms with Gasteiger partial charge < -0.3 is 24.8 Å². The lowest BCUT2D eigenvalue weighted by atomic mass is 10.4. The summed E-state index contributed by atoms with van der Waals surface area (Å²) in [6.45, 7) is 7.07. The number of amides is 2. The summed E-state index contributed by atoms with van der Waals surface area (Å²) in [7, 11) is 0. The van der Waals surface area contributed by atoms with Gasteiger partial charge >= 0.3 is 12.2 Å². The monoisotopic (exact) mass is 262 g/mol. The van der Waals surface area contributed by atoms with E-state index in [2.05, 4.69) is 10.6 Å². The summed E-state index contributed by atoms with van der Waals surface area (Å²) in [5.74, 6) is 0. The Hall–Kier alpha value is -1.50. The predicted octanol–water partition coefficient (Wildman–Crippen LogP) is 0.884. The Bertz CT molecular complexity index is 248. The van der Waals surface area contributed by atoms with Crippen LogP contribution < -0.4 is 10.6 Å². The molecule has 0 saturated carbocycles. The summed E-state index contributed by atoms with van der Waals surface area (Å²) in [5.41, 5.74) is 0. The first-order valence-electron chi connectivity index (χ1n) is 6.03. The molecule has 1 atom stereocenters. The van der Waals surface area contributed by atoms with Gasteiger partial charge in [0.1, 0.15) is 12.7 Å². The van der Waals surface area contributed by atoms with E-state index < -0.39 is 12.2 Å². The molecule has 0 rings (SSSR count). The van der Waals surface area contributed by atoms with E-state index in [4.69, 9.17) is 14.2 Å². The van der Waals surface area contributed by atoms with E-state index in [1.165, 1.54) is 0 Å². The number of hydrogen-bond donors (Lipinski definition) is 2. The van der Waals surface area contributed by atoms with Crippen molar-refractivity contribution in [2.24, 2.45) is 0 Å². The van der Waals surface area contributed by atoms with Crippen molar-refractivity contribution in [3.05, 3.63) is 0 Å². The Morgan fingerprint density at radius 2 is 1.67 bits per heavy atom. The number of rotatable bonds is 8. The van der Waals surface area contributed by atoms with Crippen LogP contribution in [0.5, 0.6) is 0 Å². The topological polar surface area (TPSA) is 85.9 Å². The van der Waals surface area contributed by atoms with E-state index in [-0.39, 0.29) is 25.9 Å². The molecule has 0 spiro atoms. The second-order valence-electron chi connectivity index (χ2n) is 3.49. The SMILES string of the molecule is CCNC(=O)OCCOCC(C)OC(=O)NCC. The summed E-state index contributed by atoms with van der Waals surface area (Å²) in [4.78, 5) is 21.9. The van der Waals surface area contributed by atoms with Gasteiger partial charge in [-0.1, -0.05) is 0 Å². The number of carbonyl (C=O) groups excluding carboxylic acids is 2. The normalized spacial score (nSPS) is 11.5. The average molecular weight is 262 g/mol. The van der Waals surface area contributed by atoms with Gasteiger partial charge in [0.05, 0.1) is 13.2 Å². The molecule has 0 aliphatic rings. The zero-order valence-corrected chi connectivity index (χ0v) is 11.2. The third kappa shape index (κ3) is 9.71. The molecule has 1 unspecified atom stereocenters. The van der Waals surface area contributed by atoms with Crippen molar-refractivity contribution in [3.8, 4) is 0 Å². The van der Waals surface area contributed by atoms with Crippen LogP contribution in [0, 0.1) is 0 Å². The molecule has 0 saturated heterocycles. The van der Waals surface area contributed by atoms with Crippen LogP contribution in [0.4, 0.5) is 9.59 Å². The highest BCUT2D eigenvalue weighted by molar-refractivity contribution is 5.67. The largest absolute Gasteiger partial charge is 0.447 e. The van der Waals surface area contributed by atoms with Crippen molar-refractivity contribution in [1.29, 1.82) is 0 Å². The number of ether oxygens (including phenoxy) is 3. The van der Waals surface area contributed by atoms with E-state index in [0.717, 1.165) is 0 Å². The Morgan fingerprint density at radius 1 is 1.06 bits per heavy atom. The van der Waals surface area contributed by atoms with Crippen LogP contribution >= 0.6 is 0 Å². The molecule has 7 nitrogen and oxygen atoms in total. The molecule has 0 aromatic carbocycles. The van der Waals surface area contributed by atoms with E-state index in [9.17, 15) is 9.59 Å². The number of nitrogens with one attached hydrogen (secondary N) is 2. The quantitative estimate of drug-likeness (QED) is 0.634. The van der Waals surface area contributed by atoms with Crippen LogP contribution in [-0.4, -0.2) is 51.2 Å². The third-order valence-electron chi connectivity index (χ3n) is 1.76. The zero-order valence-electron chi connectivity index (χ0n) is 11.2. The summed E-state index contributed by atoms with van der Waals surface area (Å²) in [5, 5.41) is 5.00. The van der Waals surface area contributed by atoms with Crippen LogP contribution in [0.1, 0.15) is 20.8 Å². The highest BCUT2D eigenvalue weighted by Crippen LogP contribution is 1.93. The highest BCUT2D eigenvalue weighted by Gasteiger charge is 2.08. The first kappa shape index (κ1) is 16.5. The number of carbonyl (C=O) groups is 2. The molecule has 0 fully saturated rings. The maximum atomic E-state index is 11.0. The van der Waals surface area contributed by atoms with Gasteiger partial charge in [0, 0.05) is 13.1 Å². The fourth-order valence-electron chi connectivity index (χ4n) is 1.04. The van der Waals surface area contributed by atoms with Crippen LogP contribution in [0.2, 0.25) is 0 Å². The van der Waals surface area contributed by atoms with Crippen molar-refractivity contribution >= 4 is 12.2 Å². The van der Waals surface area contributed by atoms with Crippen molar-refractivity contribution < 1.29 is 23.8 Å². The molecule has 7 heteroatoms. The third-order valence-corrected chi connectivity index (χ3v) is 1.76. The summed E-state index contributed by atoms with van der Waals surface area (Å²) in [6.07, 6.45) is -1.28. The summed E-state index contributed by atoms with van der Waals surface area (Å²) >= 11 is 0. The van der Waals surface area contributed by atoms with Crippen LogP contribution in [0.25, 0.3) is 0 Å². The van der Waals surface area contributed by atoms with E-state index in [0.29, 0.717) is 13.1 Å². The molecule has 0 bridgehead atoms. The molecular weight excluding hydrogens is 240 g/mol. The van der Waals surface area contributed by atoms with Crippen molar-refractivity contribution in [3.63, 3.8) is 0 Å². The summed E-state index contributed by atoms with van der Waals surface area (Å²) in [6, 6.07) is 0. The first-order valence-corrected chi connectivity index (χ1v) is 6.03. The minimum atomic E-state index is -0.466. The second-order valence-corrected chi connectivity index (χ2v) is 3.49. The molecule has 18 heavy (non-hydrogen) atoms. The molecule has 106 valence electrons. The van der Waals surface area contributed by atoms with Crippen molar-refractivity contribution in [1.82, 2.24) is 10.6 Å². The number of alkyl carbamates (subject to hydrolysis) is 2. The van der Waals surface area contributed by atoms with E-state index in [1.54, 1.807) is 20.8 Å². The van der Waals surface area contributed by atoms with Crippen LogP contribution in [0.15, 0.2) is 0 Å². The van der Waals surface area contributed by atoms with Gasteiger partial charge in [-0.3, -0.25) is 0 Å². The molecule has 0 aromatic heterocycles. The van der Waals surface area contributed by atoms with E-state index in [1.807, 2.05) is 0 Å². The average Bonchev–Trinajstić information content (AvgIpc) is 2.29. The molecule has 0 aliphatic carbocycles. The Morgan fingerprint density at radius 3 is 2.28 bits per heavy atom. The molecule has 0 aliphatic heterocycles. The van der Waals surface area contributed by atoms with E-state index >= 15 is 0 Å². The summed E-state index contributed by atoms with van der Waals surface area (Å²) < 4.78 is 14.9. The smallest absolute Gasteiger partial charge is 0.407 e. The fourth-order valence-corrected chi connectivity index (χ4v) is 1.04. The lowest BCUT2D eigenvalue weighted by Gasteiger charge is -2.13. The van der Waals surface area contributed by atoms with Crippen molar-refractivity contribution in [2.45, 2.75) is 26.9 Å². The van der Waals surface area contributed by atoms with Gasteiger partial charge in [0.2, 0.25) is 0 Å². The minimum absolute atomic E-state index is 0.166. The Kier molecular flexibility index (Phi) is 9.75. The minimum Gasteiger partial charge on any atom is -0.447 e. The first-order chi connectivity index (χ1) is 8.60. The lowest BCUT2D eigenvalue weighted by Crippen LogP contribution is -2.30. The fraction of sp³-hybridized carbons (Fsp3) is 0.818. The van der Waals surface area contributed by atoms with Gasteiger partial charge in [0.25, 0.3) is 0 Å². The second kappa shape index (κ2) is 10.6. The molecular formula is C11H22N2O5. The maximum Gasteiger partial charge on any atom is 0.407 e. The van der Waals surface area contributed by atoms with Gasteiger partial charge in [-0.2, -0.15) is 0 Å². The Labute approximate surface area is 107 Å². The van der Waals surface area contributed by atoms with Gasteiger partial charge in [-0.05, 0) is 20.8 Å². The standard InChI is InChI=1S/C11H22N2O5/c1-4-12-10(14)17-7-6-16-8-9(3)18-11(15)13-5-2/h9H,4-8H2,1-3H3,(H,12,14)(H,13,15). The van der Waals surface area contributed by atoms with Gasteiger partial charge in [0.15, 0.2) is 0 Å². The predicted molar refractivity (Wildman–Crippen MR) is 65.5 cm³/mol. The molecule has 2 amide bonds. The van der Waals surface area contributed by atoms with Gasteiger partial charge in [-0.25, -0.2) is 9.59 Å². The van der Waals surface area contributed by atoms with Gasteiger partial charge in [-0.15, -0.1) is 0 Å². The van der Waals surface area contributed by atoms with Crippen LogP contribution in [0.3, 0.4) is 0 Å². The maximum absolute atomic E-state index is 11.0. The molecule has 0 radical (unpaired) electrons. The van der Waals surface area contributed by atoms with Crippen LogP contribution in [-0.2, 0) is 14.2 Å². The highest BCUT2D eigenvalue weighted by atomic mass is 16.6. The zero-order chi connectivity index (χ0) is 13.8. The van der Waals surface area contributed by atoms with Crippen molar-refractivity contribution in [2.75, 3.05) is 32.9 Å². The molecule has 0 aromatic rings.